The third-order valence-electron chi connectivity index (χ3n) is 4.28. The number of nitrogens with two attached hydrogens (primary N) is 1. The number of hydrogen-bond donors (Lipinski definition) is 2. The number of anilines is 1. The zero-order chi connectivity index (χ0) is 19.6. The molecule has 146 valence electrons. The number of benzene rings is 2. The Bertz CT molecular complexity index is 730. The lowest BCUT2D eigenvalue weighted by Crippen LogP contribution is -2.26. The summed E-state index contributed by atoms with van der Waals surface area (Å²) in [6.07, 6.45) is 4.18. The summed E-state index contributed by atoms with van der Waals surface area (Å²) in [5.41, 5.74) is 1.00. The van der Waals surface area contributed by atoms with Gasteiger partial charge >= 0.3 is 5.97 Å². The normalized spacial score (nSPS) is 10.6. The molecule has 0 heterocycles. The van der Waals surface area contributed by atoms with Gasteiger partial charge in [-0.2, -0.15) is 0 Å². The highest BCUT2D eigenvalue weighted by molar-refractivity contribution is 7.97. The molecule has 0 amide bonds. The van der Waals surface area contributed by atoms with Crippen molar-refractivity contribution in [1.82, 2.24) is 0 Å². The molecule has 0 saturated heterocycles. The van der Waals surface area contributed by atoms with Crippen molar-refractivity contribution >= 4 is 23.6 Å². The number of rotatable bonds is 11. The van der Waals surface area contributed by atoms with Crippen LogP contribution >= 0.6 is 11.9 Å². The first-order valence-corrected chi connectivity index (χ1v) is 10.2. The van der Waals surface area contributed by atoms with Gasteiger partial charge in [0.05, 0.1) is 16.1 Å². The summed E-state index contributed by atoms with van der Waals surface area (Å²) in [5.74, 6) is 0.345. The van der Waals surface area contributed by atoms with Crippen molar-refractivity contribution in [2.75, 3.05) is 18.0 Å². The number of hydrogen-bond acceptors (Lipinski definition) is 5. The standard InChI is InChI=1S/C21H28N2O3S/c1-3-5-12-23(13-6-4-2)18-14-16(21(24)25)15-19(27-22)20(18)26-17-10-8-7-9-11-17/h7-11,14-15H,3-6,12-13,22H2,1-2H3,(H,24,25). The van der Waals surface area contributed by atoms with Crippen molar-refractivity contribution in [3.05, 3.63) is 48.0 Å². The fraction of sp³-hybridized carbons (Fsp3) is 0.381. The summed E-state index contributed by atoms with van der Waals surface area (Å²) in [6, 6.07) is 12.8. The quantitative estimate of drug-likeness (QED) is 0.492. The lowest BCUT2D eigenvalue weighted by Gasteiger charge is -2.28. The molecule has 2 aromatic rings. The summed E-state index contributed by atoms with van der Waals surface area (Å²) in [6.45, 7) is 5.99. The van der Waals surface area contributed by atoms with Crippen LogP contribution in [0, 0.1) is 0 Å². The molecule has 0 fully saturated rings. The van der Waals surface area contributed by atoms with Crippen molar-refractivity contribution in [2.24, 2.45) is 5.14 Å². The van der Waals surface area contributed by atoms with E-state index in [4.69, 9.17) is 9.88 Å². The molecule has 0 unspecified atom stereocenters. The molecule has 0 radical (unpaired) electrons. The van der Waals surface area contributed by atoms with E-state index in [2.05, 4.69) is 18.7 Å². The Morgan fingerprint density at radius 2 is 1.74 bits per heavy atom. The van der Waals surface area contributed by atoms with Crippen LogP contribution in [0.15, 0.2) is 47.4 Å². The van der Waals surface area contributed by atoms with Gasteiger partial charge in [0.1, 0.15) is 5.75 Å². The van der Waals surface area contributed by atoms with Crippen LogP contribution in [-0.2, 0) is 0 Å². The Morgan fingerprint density at radius 1 is 1.11 bits per heavy atom. The Labute approximate surface area is 165 Å². The SMILES string of the molecule is CCCCN(CCCC)c1cc(C(=O)O)cc(SN)c1Oc1ccccc1. The highest BCUT2D eigenvalue weighted by atomic mass is 32.2. The molecule has 6 heteroatoms. The van der Waals surface area contributed by atoms with Gasteiger partial charge in [-0.1, -0.05) is 44.9 Å². The third kappa shape index (κ3) is 5.91. The number of carbonyl (C=O) groups is 1. The first-order chi connectivity index (χ1) is 13.1. The predicted molar refractivity (Wildman–Crippen MR) is 112 cm³/mol. The molecule has 0 saturated carbocycles. The molecule has 0 aromatic heterocycles. The molecule has 2 rings (SSSR count). The van der Waals surface area contributed by atoms with E-state index in [0.29, 0.717) is 16.4 Å². The number of para-hydroxylation sites is 1. The molecule has 0 bridgehead atoms. The second kappa shape index (κ2) is 10.8. The fourth-order valence-electron chi connectivity index (χ4n) is 2.79. The van der Waals surface area contributed by atoms with E-state index >= 15 is 0 Å². The van der Waals surface area contributed by atoms with Gasteiger partial charge < -0.3 is 14.7 Å². The first-order valence-electron chi connectivity index (χ1n) is 9.36. The maximum absolute atomic E-state index is 11.6. The number of carboxylic acids is 1. The largest absolute Gasteiger partial charge is 0.478 e. The van der Waals surface area contributed by atoms with Gasteiger partial charge in [-0.3, -0.25) is 5.14 Å². The second-order valence-electron chi connectivity index (χ2n) is 6.35. The van der Waals surface area contributed by atoms with Crippen LogP contribution < -0.4 is 14.8 Å². The number of nitrogens with zero attached hydrogens (tertiary/aromatic N) is 1. The summed E-state index contributed by atoms with van der Waals surface area (Å²) in [5, 5.41) is 15.4. The number of carboxylic acid groups (broad SMARTS) is 1. The topological polar surface area (TPSA) is 75.8 Å². The van der Waals surface area contributed by atoms with Crippen molar-refractivity contribution in [2.45, 2.75) is 44.4 Å². The van der Waals surface area contributed by atoms with Gasteiger partial charge in [0, 0.05) is 13.1 Å². The smallest absolute Gasteiger partial charge is 0.335 e. The monoisotopic (exact) mass is 388 g/mol. The van der Waals surface area contributed by atoms with Gasteiger partial charge in [-0.15, -0.1) is 0 Å². The highest BCUT2D eigenvalue weighted by Gasteiger charge is 2.20. The van der Waals surface area contributed by atoms with Crippen LogP contribution in [0.4, 0.5) is 5.69 Å². The Kier molecular flexibility index (Phi) is 8.48. The zero-order valence-electron chi connectivity index (χ0n) is 16.0. The van der Waals surface area contributed by atoms with Crippen LogP contribution in [0.5, 0.6) is 11.5 Å². The minimum Gasteiger partial charge on any atom is -0.478 e. The van der Waals surface area contributed by atoms with Crippen LogP contribution in [0.25, 0.3) is 0 Å². The van der Waals surface area contributed by atoms with Gasteiger partial charge in [-0.05, 0) is 49.1 Å². The molecule has 0 aliphatic rings. The average molecular weight is 389 g/mol. The Morgan fingerprint density at radius 3 is 2.26 bits per heavy atom. The average Bonchev–Trinajstić information content (AvgIpc) is 2.69. The van der Waals surface area contributed by atoms with E-state index in [1.165, 1.54) is 0 Å². The van der Waals surface area contributed by atoms with Gasteiger partial charge in [0.25, 0.3) is 0 Å². The maximum Gasteiger partial charge on any atom is 0.335 e. The first kappa shape index (κ1) is 21.1. The van der Waals surface area contributed by atoms with E-state index in [9.17, 15) is 9.90 Å². The molecule has 0 atom stereocenters. The van der Waals surface area contributed by atoms with E-state index in [1.54, 1.807) is 12.1 Å². The minimum absolute atomic E-state index is 0.219. The van der Waals surface area contributed by atoms with Crippen molar-refractivity contribution < 1.29 is 14.6 Å². The summed E-state index contributed by atoms with van der Waals surface area (Å²) in [4.78, 5) is 14.5. The maximum atomic E-state index is 11.6. The fourth-order valence-corrected chi connectivity index (χ4v) is 3.24. The van der Waals surface area contributed by atoms with Gasteiger partial charge in [0.15, 0.2) is 5.75 Å². The molecule has 2 aromatic carbocycles. The summed E-state index contributed by atoms with van der Waals surface area (Å²) >= 11 is 1.01. The summed E-state index contributed by atoms with van der Waals surface area (Å²) < 4.78 is 6.17. The Hall–Kier alpha value is -2.18. The van der Waals surface area contributed by atoms with Gasteiger partial charge in [-0.25, -0.2) is 4.79 Å². The van der Waals surface area contributed by atoms with Crippen LogP contribution in [0.2, 0.25) is 0 Å². The van der Waals surface area contributed by atoms with Crippen LogP contribution in [0.1, 0.15) is 49.9 Å². The van der Waals surface area contributed by atoms with Gasteiger partial charge in [0.2, 0.25) is 0 Å². The van der Waals surface area contributed by atoms with E-state index in [0.717, 1.165) is 56.4 Å². The lowest BCUT2D eigenvalue weighted by molar-refractivity contribution is 0.0696. The molecule has 0 spiro atoms. The molecule has 3 N–H and O–H groups in total. The van der Waals surface area contributed by atoms with Crippen molar-refractivity contribution in [1.29, 1.82) is 0 Å². The highest BCUT2D eigenvalue weighted by Crippen LogP contribution is 2.41. The second-order valence-corrected chi connectivity index (χ2v) is 7.03. The molecule has 5 nitrogen and oxygen atoms in total. The molecular formula is C21H28N2O3S. The number of unbranched alkanes of at least 4 members (excludes halogenated alkanes) is 2. The molecule has 0 aliphatic carbocycles. The van der Waals surface area contributed by atoms with Crippen LogP contribution in [0.3, 0.4) is 0 Å². The van der Waals surface area contributed by atoms with Crippen LogP contribution in [-0.4, -0.2) is 24.2 Å². The lowest BCUT2D eigenvalue weighted by atomic mass is 10.1. The zero-order valence-corrected chi connectivity index (χ0v) is 16.8. The molecular weight excluding hydrogens is 360 g/mol. The third-order valence-corrected chi connectivity index (χ3v) is 4.83. The number of aromatic carboxylic acids is 1. The van der Waals surface area contributed by atoms with E-state index in [-0.39, 0.29) is 5.56 Å². The molecule has 27 heavy (non-hydrogen) atoms. The number of ether oxygens (including phenoxy) is 1. The molecule has 0 aliphatic heterocycles. The summed E-state index contributed by atoms with van der Waals surface area (Å²) in [7, 11) is 0. The minimum atomic E-state index is -0.969. The van der Waals surface area contributed by atoms with E-state index in [1.807, 2.05) is 30.3 Å². The van der Waals surface area contributed by atoms with Crippen molar-refractivity contribution in [3.63, 3.8) is 0 Å². The van der Waals surface area contributed by atoms with E-state index < -0.39 is 5.97 Å². The Balaban J connectivity index is 2.54. The predicted octanol–water partition coefficient (Wildman–Crippen LogP) is 5.55. The van der Waals surface area contributed by atoms with Crippen molar-refractivity contribution in [3.8, 4) is 11.5 Å².